The molecule has 3 unspecified atom stereocenters. The first-order valence-corrected chi connectivity index (χ1v) is 8.50. The molecule has 4 heteroatoms. The summed E-state index contributed by atoms with van der Waals surface area (Å²) in [4.78, 5) is 12.8. The van der Waals surface area contributed by atoms with Gasteiger partial charge in [-0.15, -0.1) is 0 Å². The van der Waals surface area contributed by atoms with Crippen LogP contribution in [0.25, 0.3) is 0 Å². The van der Waals surface area contributed by atoms with E-state index in [0.29, 0.717) is 0 Å². The molecule has 0 spiro atoms. The van der Waals surface area contributed by atoms with Gasteiger partial charge in [-0.2, -0.15) is 0 Å². The highest BCUT2D eigenvalue weighted by molar-refractivity contribution is 5.89. The summed E-state index contributed by atoms with van der Waals surface area (Å²) in [5.74, 6) is 0.220. The zero-order valence-corrected chi connectivity index (χ0v) is 13.7. The Morgan fingerprint density at radius 1 is 1.24 bits per heavy atom. The van der Waals surface area contributed by atoms with Crippen LogP contribution in [0.5, 0.6) is 0 Å². The van der Waals surface area contributed by atoms with Gasteiger partial charge in [0.05, 0.1) is 6.10 Å². The van der Waals surface area contributed by atoms with Crippen molar-refractivity contribution < 1.29 is 9.53 Å². The van der Waals surface area contributed by atoms with Crippen LogP contribution in [0.2, 0.25) is 0 Å². The van der Waals surface area contributed by atoms with Gasteiger partial charge < -0.3 is 15.8 Å². The number of carbonyl (C=O) groups excluding carboxylic acids is 1. The third kappa shape index (κ3) is 2.14. The first-order chi connectivity index (χ1) is 9.81. The fourth-order valence-corrected chi connectivity index (χ4v) is 4.87. The van der Waals surface area contributed by atoms with Crippen molar-refractivity contribution in [3.8, 4) is 0 Å². The lowest BCUT2D eigenvalue weighted by Crippen LogP contribution is -2.80. The summed E-state index contributed by atoms with van der Waals surface area (Å²) in [5.41, 5.74) is 5.79. The van der Waals surface area contributed by atoms with E-state index in [-0.39, 0.29) is 28.8 Å². The summed E-state index contributed by atoms with van der Waals surface area (Å²) in [6.07, 6.45) is 7.38. The van der Waals surface area contributed by atoms with Crippen molar-refractivity contribution in [1.29, 1.82) is 0 Å². The lowest BCUT2D eigenvalue weighted by atomic mass is 9.48. The summed E-state index contributed by atoms with van der Waals surface area (Å²) in [6, 6.07) is 0. The Kier molecular flexibility index (Phi) is 3.61. The van der Waals surface area contributed by atoms with Crippen LogP contribution in [-0.2, 0) is 9.53 Å². The molecule has 2 saturated carbocycles. The fourth-order valence-electron chi connectivity index (χ4n) is 4.87. The average molecular weight is 294 g/mol. The van der Waals surface area contributed by atoms with Crippen molar-refractivity contribution in [3.63, 3.8) is 0 Å². The van der Waals surface area contributed by atoms with Gasteiger partial charge in [0, 0.05) is 24.5 Å². The Hall–Kier alpha value is -0.610. The standard InChI is InChI=1S/C17H30N2O2/c1-15(2)13-12(7-10-21-13)17(15,18)14(20)19-11-16(3)8-5-4-6-9-16/h12-13H,4-11,18H2,1-3H3,(H,19,20). The first-order valence-electron chi connectivity index (χ1n) is 8.50. The summed E-state index contributed by atoms with van der Waals surface area (Å²) >= 11 is 0. The van der Waals surface area contributed by atoms with Gasteiger partial charge >= 0.3 is 0 Å². The smallest absolute Gasteiger partial charge is 0.241 e. The number of fused-ring (bicyclic) bond motifs is 1. The summed E-state index contributed by atoms with van der Waals surface area (Å²) in [5, 5.41) is 3.18. The van der Waals surface area contributed by atoms with Gasteiger partial charge in [-0.25, -0.2) is 0 Å². The third-order valence-electron chi connectivity index (χ3n) is 6.57. The number of carbonyl (C=O) groups is 1. The molecule has 1 aliphatic heterocycles. The monoisotopic (exact) mass is 294 g/mol. The molecule has 0 aromatic carbocycles. The number of amides is 1. The normalized spacial score (nSPS) is 40.2. The maximum Gasteiger partial charge on any atom is 0.241 e. The van der Waals surface area contributed by atoms with Crippen LogP contribution >= 0.6 is 0 Å². The SMILES string of the molecule is CC1(CNC(=O)C2(N)C3CCOC3C2(C)C)CCCCC1. The molecule has 3 N–H and O–H groups in total. The molecule has 3 fully saturated rings. The van der Waals surface area contributed by atoms with Crippen molar-refractivity contribution in [2.75, 3.05) is 13.2 Å². The maximum atomic E-state index is 12.8. The van der Waals surface area contributed by atoms with Crippen LogP contribution in [0.1, 0.15) is 59.3 Å². The Balaban J connectivity index is 1.65. The van der Waals surface area contributed by atoms with Crippen LogP contribution in [0.15, 0.2) is 0 Å². The van der Waals surface area contributed by atoms with Crippen molar-refractivity contribution in [2.24, 2.45) is 22.5 Å². The molecular weight excluding hydrogens is 264 g/mol. The number of hydrogen-bond donors (Lipinski definition) is 2. The topological polar surface area (TPSA) is 64.4 Å². The van der Waals surface area contributed by atoms with Crippen LogP contribution < -0.4 is 11.1 Å². The molecule has 0 aromatic heterocycles. The number of nitrogens with two attached hydrogens (primary N) is 1. The second-order valence-corrected chi connectivity index (χ2v) is 8.33. The molecule has 0 aromatic rings. The van der Waals surface area contributed by atoms with Gasteiger partial charge in [-0.1, -0.05) is 40.0 Å². The van der Waals surface area contributed by atoms with E-state index in [9.17, 15) is 4.79 Å². The largest absolute Gasteiger partial charge is 0.377 e. The van der Waals surface area contributed by atoms with Gasteiger partial charge in [0.2, 0.25) is 5.91 Å². The molecular formula is C17H30N2O2. The van der Waals surface area contributed by atoms with Gasteiger partial charge in [0.25, 0.3) is 0 Å². The molecule has 1 saturated heterocycles. The van der Waals surface area contributed by atoms with Crippen molar-refractivity contribution in [3.05, 3.63) is 0 Å². The molecule has 2 aliphatic carbocycles. The Morgan fingerprint density at radius 3 is 2.57 bits per heavy atom. The highest BCUT2D eigenvalue weighted by atomic mass is 16.5. The summed E-state index contributed by atoms with van der Waals surface area (Å²) in [7, 11) is 0. The zero-order valence-electron chi connectivity index (χ0n) is 13.7. The average Bonchev–Trinajstić information content (AvgIpc) is 2.93. The third-order valence-corrected chi connectivity index (χ3v) is 6.57. The Labute approximate surface area is 128 Å². The number of nitrogens with one attached hydrogen (secondary N) is 1. The van der Waals surface area contributed by atoms with Crippen molar-refractivity contribution in [2.45, 2.75) is 70.9 Å². The van der Waals surface area contributed by atoms with Gasteiger partial charge in [0.15, 0.2) is 0 Å². The van der Waals surface area contributed by atoms with Crippen LogP contribution in [0.3, 0.4) is 0 Å². The molecule has 3 aliphatic rings. The van der Waals surface area contributed by atoms with E-state index < -0.39 is 5.54 Å². The minimum absolute atomic E-state index is 0.0334. The Bertz CT molecular complexity index is 429. The first kappa shape index (κ1) is 15.3. The van der Waals surface area contributed by atoms with E-state index in [0.717, 1.165) is 19.6 Å². The molecule has 4 nitrogen and oxygen atoms in total. The molecule has 1 heterocycles. The predicted molar refractivity (Wildman–Crippen MR) is 82.7 cm³/mol. The highest BCUT2D eigenvalue weighted by Gasteiger charge is 2.71. The predicted octanol–water partition coefficient (Wildman–Crippen LogP) is 2.22. The highest BCUT2D eigenvalue weighted by Crippen LogP contribution is 2.58. The quantitative estimate of drug-likeness (QED) is 0.839. The number of rotatable bonds is 3. The van der Waals surface area contributed by atoms with E-state index >= 15 is 0 Å². The van der Waals surface area contributed by atoms with E-state index in [1.54, 1.807) is 0 Å². The fraction of sp³-hybridized carbons (Fsp3) is 0.941. The van der Waals surface area contributed by atoms with Crippen LogP contribution in [-0.4, -0.2) is 30.7 Å². The molecule has 3 atom stereocenters. The minimum atomic E-state index is -0.765. The van der Waals surface area contributed by atoms with Gasteiger partial charge in [-0.05, 0) is 24.7 Å². The van der Waals surface area contributed by atoms with Crippen molar-refractivity contribution >= 4 is 5.91 Å². The molecule has 120 valence electrons. The van der Waals surface area contributed by atoms with E-state index in [1.165, 1.54) is 32.1 Å². The Morgan fingerprint density at radius 2 is 1.90 bits per heavy atom. The van der Waals surface area contributed by atoms with Gasteiger partial charge in [-0.3, -0.25) is 4.79 Å². The number of ether oxygens (including phenoxy) is 1. The van der Waals surface area contributed by atoms with E-state index in [4.69, 9.17) is 10.5 Å². The summed E-state index contributed by atoms with van der Waals surface area (Å²) < 4.78 is 5.77. The molecule has 0 radical (unpaired) electrons. The van der Waals surface area contributed by atoms with Crippen LogP contribution in [0.4, 0.5) is 0 Å². The lowest BCUT2D eigenvalue weighted by Gasteiger charge is -2.60. The van der Waals surface area contributed by atoms with Crippen LogP contribution in [0, 0.1) is 16.7 Å². The molecule has 1 amide bonds. The molecule has 0 bridgehead atoms. The van der Waals surface area contributed by atoms with E-state index in [1.807, 2.05) is 0 Å². The summed E-state index contributed by atoms with van der Waals surface area (Å²) in [6.45, 7) is 7.94. The molecule has 21 heavy (non-hydrogen) atoms. The number of hydrogen-bond acceptors (Lipinski definition) is 3. The van der Waals surface area contributed by atoms with E-state index in [2.05, 4.69) is 26.1 Å². The lowest BCUT2D eigenvalue weighted by molar-refractivity contribution is -0.175. The molecule has 3 rings (SSSR count). The second-order valence-electron chi connectivity index (χ2n) is 8.33. The maximum absolute atomic E-state index is 12.8. The second kappa shape index (κ2) is 4.95. The zero-order chi connectivity index (χ0) is 15.3. The minimum Gasteiger partial charge on any atom is -0.377 e. The van der Waals surface area contributed by atoms with Crippen molar-refractivity contribution in [1.82, 2.24) is 5.32 Å². The van der Waals surface area contributed by atoms with Gasteiger partial charge in [0.1, 0.15) is 5.54 Å².